The van der Waals surface area contributed by atoms with Crippen molar-refractivity contribution in [2.24, 2.45) is 10.8 Å². The van der Waals surface area contributed by atoms with Gasteiger partial charge < -0.3 is 10.2 Å². The van der Waals surface area contributed by atoms with E-state index in [0.717, 1.165) is 31.4 Å². The minimum absolute atomic E-state index is 0.129. The number of nitrogens with one attached hydrogen (secondary N) is 1. The van der Waals surface area contributed by atoms with Crippen molar-refractivity contribution in [3.63, 3.8) is 0 Å². The Balaban J connectivity index is 1.70. The normalized spacial score (nSPS) is 28.8. The molecule has 24 heavy (non-hydrogen) atoms. The molecule has 0 radical (unpaired) electrons. The van der Waals surface area contributed by atoms with Crippen molar-refractivity contribution >= 4 is 11.7 Å². The molecule has 1 heterocycles. The zero-order valence-electron chi connectivity index (χ0n) is 14.2. The summed E-state index contributed by atoms with van der Waals surface area (Å²) >= 11 is 0. The van der Waals surface area contributed by atoms with Crippen LogP contribution >= 0.6 is 0 Å². The molecule has 132 valence electrons. The number of urea groups is 1. The maximum absolute atomic E-state index is 12.6. The van der Waals surface area contributed by atoms with Gasteiger partial charge in [-0.3, -0.25) is 0 Å². The van der Waals surface area contributed by atoms with Crippen LogP contribution in [0.15, 0.2) is 24.3 Å². The van der Waals surface area contributed by atoms with E-state index in [0.29, 0.717) is 12.2 Å². The summed E-state index contributed by atoms with van der Waals surface area (Å²) in [5.41, 5.74) is 0.0101. The van der Waals surface area contributed by atoms with Crippen LogP contribution in [0.1, 0.15) is 45.6 Å². The number of amides is 2. The first-order valence-corrected chi connectivity index (χ1v) is 8.22. The van der Waals surface area contributed by atoms with E-state index >= 15 is 0 Å². The Bertz CT molecular complexity index is 639. The van der Waals surface area contributed by atoms with Crippen molar-refractivity contribution in [3.8, 4) is 0 Å². The van der Waals surface area contributed by atoms with E-state index in [1.54, 1.807) is 0 Å². The van der Waals surface area contributed by atoms with Crippen molar-refractivity contribution in [2.75, 3.05) is 11.9 Å². The molecule has 2 amide bonds. The molecule has 1 aliphatic carbocycles. The van der Waals surface area contributed by atoms with Crippen LogP contribution < -0.4 is 5.32 Å². The number of likely N-dealkylation sites (tertiary alicyclic amines) is 1. The number of rotatable bonds is 1. The van der Waals surface area contributed by atoms with Gasteiger partial charge in [0.15, 0.2) is 0 Å². The molecule has 0 aromatic heterocycles. The van der Waals surface area contributed by atoms with E-state index in [1.807, 2.05) is 4.90 Å². The summed E-state index contributed by atoms with van der Waals surface area (Å²) in [6.07, 6.45) is -1.32. The largest absolute Gasteiger partial charge is 0.416 e. The molecule has 1 aliphatic heterocycles. The van der Waals surface area contributed by atoms with Crippen LogP contribution in [-0.2, 0) is 6.18 Å². The van der Waals surface area contributed by atoms with Gasteiger partial charge in [-0.15, -0.1) is 0 Å². The number of hydrogen-bond donors (Lipinski definition) is 1. The molecule has 1 aromatic carbocycles. The molecule has 6 heteroatoms. The van der Waals surface area contributed by atoms with Gasteiger partial charge in [0.1, 0.15) is 0 Å². The fourth-order valence-electron chi connectivity index (χ4n) is 4.64. The van der Waals surface area contributed by atoms with Crippen LogP contribution in [0, 0.1) is 10.8 Å². The Kier molecular flexibility index (Phi) is 3.85. The second-order valence-electron chi connectivity index (χ2n) is 8.35. The number of nitrogens with zero attached hydrogens (tertiary/aromatic N) is 1. The molecule has 2 fully saturated rings. The predicted molar refractivity (Wildman–Crippen MR) is 86.7 cm³/mol. The van der Waals surface area contributed by atoms with Gasteiger partial charge in [-0.2, -0.15) is 13.2 Å². The van der Waals surface area contributed by atoms with Crippen LogP contribution in [0.4, 0.5) is 23.7 Å². The summed E-state index contributed by atoms with van der Waals surface area (Å²) in [6.45, 7) is 7.38. The van der Waals surface area contributed by atoms with Gasteiger partial charge in [0, 0.05) is 18.3 Å². The Labute approximate surface area is 140 Å². The summed E-state index contributed by atoms with van der Waals surface area (Å²) in [5, 5.41) is 2.74. The average molecular weight is 340 g/mol. The number of carbonyl (C=O) groups excluding carboxylic acids is 1. The van der Waals surface area contributed by atoms with Crippen molar-refractivity contribution < 1.29 is 18.0 Å². The zero-order valence-corrected chi connectivity index (χ0v) is 14.2. The SMILES string of the molecule is CC1(C)CC2CC(C)(CN2C(=O)Nc2ccc(C(F)(F)F)cc2)C1. The van der Waals surface area contributed by atoms with Crippen molar-refractivity contribution in [2.45, 2.75) is 52.3 Å². The third-order valence-electron chi connectivity index (χ3n) is 5.14. The quantitative estimate of drug-likeness (QED) is 0.754. The van der Waals surface area contributed by atoms with E-state index in [9.17, 15) is 18.0 Å². The molecule has 1 saturated carbocycles. The molecule has 1 aromatic rings. The van der Waals surface area contributed by atoms with E-state index in [4.69, 9.17) is 0 Å². The molecule has 1 saturated heterocycles. The average Bonchev–Trinajstić information content (AvgIpc) is 2.67. The van der Waals surface area contributed by atoms with Gasteiger partial charge in [0.05, 0.1) is 5.56 Å². The highest BCUT2D eigenvalue weighted by Gasteiger charge is 2.51. The molecule has 2 aliphatic rings. The highest BCUT2D eigenvalue weighted by atomic mass is 19.4. The monoisotopic (exact) mass is 340 g/mol. The minimum atomic E-state index is -4.37. The van der Waals surface area contributed by atoms with Gasteiger partial charge in [-0.1, -0.05) is 20.8 Å². The van der Waals surface area contributed by atoms with Gasteiger partial charge in [0.25, 0.3) is 0 Å². The van der Waals surface area contributed by atoms with Crippen LogP contribution in [-0.4, -0.2) is 23.5 Å². The molecule has 0 spiro atoms. The Hall–Kier alpha value is -1.72. The van der Waals surface area contributed by atoms with E-state index in [-0.39, 0.29) is 22.9 Å². The molecular formula is C18H23F3N2O. The number of hydrogen-bond acceptors (Lipinski definition) is 1. The maximum atomic E-state index is 12.6. The molecular weight excluding hydrogens is 317 g/mol. The Morgan fingerprint density at radius 3 is 2.38 bits per heavy atom. The summed E-state index contributed by atoms with van der Waals surface area (Å²) in [4.78, 5) is 14.4. The first kappa shape index (κ1) is 17.1. The lowest BCUT2D eigenvalue weighted by Gasteiger charge is -2.39. The summed E-state index contributed by atoms with van der Waals surface area (Å²) < 4.78 is 37.8. The number of anilines is 1. The van der Waals surface area contributed by atoms with Gasteiger partial charge in [-0.05, 0) is 54.4 Å². The zero-order chi connectivity index (χ0) is 17.8. The van der Waals surface area contributed by atoms with Gasteiger partial charge >= 0.3 is 12.2 Å². The lowest BCUT2D eigenvalue weighted by Crippen LogP contribution is -2.40. The summed E-state index contributed by atoms with van der Waals surface area (Å²) in [6, 6.07) is 4.56. The van der Waals surface area contributed by atoms with Crippen LogP contribution in [0.5, 0.6) is 0 Å². The van der Waals surface area contributed by atoms with Crippen LogP contribution in [0.25, 0.3) is 0 Å². The van der Waals surface area contributed by atoms with Crippen molar-refractivity contribution in [1.82, 2.24) is 4.90 Å². The molecule has 2 unspecified atom stereocenters. The second-order valence-corrected chi connectivity index (χ2v) is 8.35. The summed E-state index contributed by atoms with van der Waals surface area (Å²) in [5.74, 6) is 0. The number of halogens is 3. The highest BCUT2D eigenvalue weighted by Crippen LogP contribution is 2.52. The van der Waals surface area contributed by atoms with E-state index in [1.165, 1.54) is 12.1 Å². The second kappa shape index (κ2) is 5.39. The standard InChI is InChI=1S/C18H23F3N2O/c1-16(2)8-14-9-17(3,10-16)11-23(14)15(24)22-13-6-4-12(5-7-13)18(19,20)21/h4-7,14H,8-11H2,1-3H3,(H,22,24). The number of benzene rings is 1. The molecule has 2 bridgehead atoms. The van der Waals surface area contributed by atoms with Crippen LogP contribution in [0.3, 0.4) is 0 Å². The number of carbonyl (C=O) groups is 1. The maximum Gasteiger partial charge on any atom is 0.416 e. The van der Waals surface area contributed by atoms with Crippen molar-refractivity contribution in [3.05, 3.63) is 29.8 Å². The van der Waals surface area contributed by atoms with Crippen LogP contribution in [0.2, 0.25) is 0 Å². The fourth-order valence-corrected chi connectivity index (χ4v) is 4.64. The minimum Gasteiger partial charge on any atom is -0.321 e. The predicted octanol–water partition coefficient (Wildman–Crippen LogP) is 5.14. The van der Waals surface area contributed by atoms with E-state index in [2.05, 4.69) is 26.1 Å². The Morgan fingerprint density at radius 2 is 1.79 bits per heavy atom. The molecule has 2 atom stereocenters. The third kappa shape index (κ3) is 3.37. The topological polar surface area (TPSA) is 32.3 Å². The first-order chi connectivity index (χ1) is 11.0. The molecule has 3 nitrogen and oxygen atoms in total. The smallest absolute Gasteiger partial charge is 0.321 e. The molecule has 1 N–H and O–H groups in total. The van der Waals surface area contributed by atoms with Crippen molar-refractivity contribution in [1.29, 1.82) is 0 Å². The lowest BCUT2D eigenvalue weighted by atomic mass is 9.65. The lowest BCUT2D eigenvalue weighted by molar-refractivity contribution is -0.137. The highest BCUT2D eigenvalue weighted by molar-refractivity contribution is 5.89. The number of alkyl halides is 3. The van der Waals surface area contributed by atoms with Gasteiger partial charge in [0.2, 0.25) is 0 Å². The number of fused-ring (bicyclic) bond motifs is 2. The van der Waals surface area contributed by atoms with Gasteiger partial charge in [-0.25, -0.2) is 4.79 Å². The molecule has 3 rings (SSSR count). The third-order valence-corrected chi connectivity index (χ3v) is 5.14. The Morgan fingerprint density at radius 1 is 1.17 bits per heavy atom. The summed E-state index contributed by atoms with van der Waals surface area (Å²) in [7, 11) is 0. The fraction of sp³-hybridized carbons (Fsp3) is 0.611. The first-order valence-electron chi connectivity index (χ1n) is 8.22. The van der Waals surface area contributed by atoms with E-state index < -0.39 is 11.7 Å².